The number of amides is 1. The molecule has 112 valence electrons. The minimum atomic E-state index is 0. The summed E-state index contributed by atoms with van der Waals surface area (Å²) in [6, 6.07) is 0.355. The third-order valence-electron chi connectivity index (χ3n) is 4.81. The second-order valence-electron chi connectivity index (χ2n) is 6.14. The van der Waals surface area contributed by atoms with Gasteiger partial charge in [-0.2, -0.15) is 0 Å². The number of nitrogens with two attached hydrogens (primary N) is 1. The largest absolute Gasteiger partial charge is 0.353 e. The first kappa shape index (κ1) is 16.8. The molecule has 0 aliphatic heterocycles. The fourth-order valence-corrected chi connectivity index (χ4v) is 3.60. The van der Waals surface area contributed by atoms with E-state index in [1.807, 2.05) is 0 Å². The van der Waals surface area contributed by atoms with Crippen molar-refractivity contribution < 1.29 is 4.79 Å². The molecule has 2 saturated carbocycles. The molecule has 2 rings (SSSR count). The lowest BCUT2D eigenvalue weighted by Crippen LogP contribution is -2.39. The van der Waals surface area contributed by atoms with Gasteiger partial charge in [0.05, 0.1) is 0 Å². The summed E-state index contributed by atoms with van der Waals surface area (Å²) < 4.78 is 0. The van der Waals surface area contributed by atoms with Crippen LogP contribution in [0, 0.1) is 11.8 Å². The highest BCUT2D eigenvalue weighted by Crippen LogP contribution is 2.28. The van der Waals surface area contributed by atoms with Gasteiger partial charge in [-0.05, 0) is 37.6 Å². The van der Waals surface area contributed by atoms with E-state index in [0.29, 0.717) is 18.5 Å². The maximum Gasteiger partial charge on any atom is 0.220 e. The second kappa shape index (κ2) is 8.80. The standard InChI is InChI=1S/C15H28N2O.ClH/c16-11-13-7-4-8-14(13)17-15(18)10-9-12-5-2-1-3-6-12;/h12-14H,1-11,16H2,(H,17,18);1H. The average molecular weight is 289 g/mol. The molecule has 1 amide bonds. The number of rotatable bonds is 5. The summed E-state index contributed by atoms with van der Waals surface area (Å²) in [7, 11) is 0. The highest BCUT2D eigenvalue weighted by atomic mass is 35.5. The van der Waals surface area contributed by atoms with Crippen LogP contribution >= 0.6 is 12.4 Å². The quantitative estimate of drug-likeness (QED) is 0.817. The van der Waals surface area contributed by atoms with Gasteiger partial charge in [0.25, 0.3) is 0 Å². The normalized spacial score (nSPS) is 27.8. The maximum absolute atomic E-state index is 12.0. The van der Waals surface area contributed by atoms with Crippen molar-refractivity contribution in [3.8, 4) is 0 Å². The van der Waals surface area contributed by atoms with Gasteiger partial charge >= 0.3 is 0 Å². The van der Waals surface area contributed by atoms with Gasteiger partial charge in [-0.15, -0.1) is 12.4 Å². The lowest BCUT2D eigenvalue weighted by atomic mass is 9.86. The van der Waals surface area contributed by atoms with Gasteiger partial charge < -0.3 is 11.1 Å². The van der Waals surface area contributed by atoms with Crippen LogP contribution in [0.4, 0.5) is 0 Å². The summed E-state index contributed by atoms with van der Waals surface area (Å²) in [5, 5.41) is 3.20. The van der Waals surface area contributed by atoms with E-state index in [2.05, 4.69) is 5.32 Å². The van der Waals surface area contributed by atoms with Gasteiger partial charge in [0.2, 0.25) is 5.91 Å². The van der Waals surface area contributed by atoms with E-state index >= 15 is 0 Å². The van der Waals surface area contributed by atoms with Crippen molar-refractivity contribution in [2.45, 2.75) is 70.3 Å². The first-order valence-corrected chi connectivity index (χ1v) is 7.79. The summed E-state index contributed by atoms with van der Waals surface area (Å²) in [5.41, 5.74) is 5.74. The molecule has 3 N–H and O–H groups in total. The lowest BCUT2D eigenvalue weighted by molar-refractivity contribution is -0.122. The van der Waals surface area contributed by atoms with Crippen molar-refractivity contribution in [3.05, 3.63) is 0 Å². The molecule has 0 heterocycles. The Bertz CT molecular complexity index is 267. The number of hydrogen-bond acceptors (Lipinski definition) is 2. The van der Waals surface area contributed by atoms with Crippen LogP contribution in [0.5, 0.6) is 0 Å². The molecule has 0 bridgehead atoms. The van der Waals surface area contributed by atoms with Crippen LogP contribution in [0.15, 0.2) is 0 Å². The molecule has 2 unspecified atom stereocenters. The monoisotopic (exact) mass is 288 g/mol. The highest BCUT2D eigenvalue weighted by molar-refractivity contribution is 5.85. The molecule has 0 aromatic carbocycles. The maximum atomic E-state index is 12.0. The third-order valence-corrected chi connectivity index (χ3v) is 4.81. The van der Waals surface area contributed by atoms with Crippen molar-refractivity contribution in [1.82, 2.24) is 5.32 Å². The SMILES string of the molecule is Cl.NCC1CCCC1NC(=O)CCC1CCCCC1. The number of hydrogen-bond donors (Lipinski definition) is 2. The van der Waals surface area contributed by atoms with Crippen LogP contribution in [-0.4, -0.2) is 18.5 Å². The van der Waals surface area contributed by atoms with E-state index in [-0.39, 0.29) is 18.3 Å². The molecule has 2 atom stereocenters. The van der Waals surface area contributed by atoms with Gasteiger partial charge in [-0.1, -0.05) is 38.5 Å². The van der Waals surface area contributed by atoms with E-state index in [9.17, 15) is 4.79 Å². The van der Waals surface area contributed by atoms with Gasteiger partial charge in [-0.25, -0.2) is 0 Å². The van der Waals surface area contributed by atoms with Gasteiger partial charge in [0, 0.05) is 12.5 Å². The summed E-state index contributed by atoms with van der Waals surface area (Å²) in [4.78, 5) is 12.0. The van der Waals surface area contributed by atoms with Crippen LogP contribution in [-0.2, 0) is 4.79 Å². The number of halogens is 1. The fourth-order valence-electron chi connectivity index (χ4n) is 3.60. The van der Waals surface area contributed by atoms with Gasteiger partial charge in [-0.3, -0.25) is 4.79 Å². The average Bonchev–Trinajstić information content (AvgIpc) is 2.85. The van der Waals surface area contributed by atoms with Gasteiger partial charge in [0.1, 0.15) is 0 Å². The molecule has 0 spiro atoms. The van der Waals surface area contributed by atoms with E-state index < -0.39 is 0 Å². The van der Waals surface area contributed by atoms with Crippen LogP contribution < -0.4 is 11.1 Å². The van der Waals surface area contributed by atoms with Crippen LogP contribution in [0.2, 0.25) is 0 Å². The Balaban J connectivity index is 0.00000180. The number of nitrogens with one attached hydrogen (secondary N) is 1. The van der Waals surface area contributed by atoms with Crippen molar-refractivity contribution in [3.63, 3.8) is 0 Å². The van der Waals surface area contributed by atoms with Gasteiger partial charge in [0.15, 0.2) is 0 Å². The minimum Gasteiger partial charge on any atom is -0.353 e. The molecule has 2 aliphatic carbocycles. The first-order valence-electron chi connectivity index (χ1n) is 7.79. The number of carbonyl (C=O) groups excluding carboxylic acids is 1. The Labute approximate surface area is 123 Å². The summed E-state index contributed by atoms with van der Waals surface area (Å²) in [5.74, 6) is 1.58. The molecule has 0 aromatic heterocycles. The molecule has 19 heavy (non-hydrogen) atoms. The predicted octanol–water partition coefficient (Wildman–Crippen LogP) is 3.01. The van der Waals surface area contributed by atoms with Crippen molar-refractivity contribution >= 4 is 18.3 Å². The predicted molar refractivity (Wildman–Crippen MR) is 81.4 cm³/mol. The zero-order chi connectivity index (χ0) is 12.8. The molecular formula is C15H29ClN2O. The lowest BCUT2D eigenvalue weighted by Gasteiger charge is -2.23. The fraction of sp³-hybridized carbons (Fsp3) is 0.933. The first-order chi connectivity index (χ1) is 8.79. The molecule has 4 heteroatoms. The second-order valence-corrected chi connectivity index (χ2v) is 6.14. The molecule has 2 fully saturated rings. The van der Waals surface area contributed by atoms with E-state index in [0.717, 1.165) is 25.2 Å². The van der Waals surface area contributed by atoms with Crippen molar-refractivity contribution in [1.29, 1.82) is 0 Å². The van der Waals surface area contributed by atoms with Crippen LogP contribution in [0.3, 0.4) is 0 Å². The zero-order valence-corrected chi connectivity index (χ0v) is 12.7. The summed E-state index contributed by atoms with van der Waals surface area (Å²) in [6.07, 6.45) is 12.1. The Hall–Kier alpha value is -0.280. The number of carbonyl (C=O) groups is 1. The topological polar surface area (TPSA) is 55.1 Å². The summed E-state index contributed by atoms with van der Waals surface area (Å²) in [6.45, 7) is 0.716. The molecule has 0 aromatic rings. The Morgan fingerprint density at radius 3 is 2.47 bits per heavy atom. The van der Waals surface area contributed by atoms with Crippen LogP contribution in [0.25, 0.3) is 0 Å². The molecular weight excluding hydrogens is 260 g/mol. The van der Waals surface area contributed by atoms with E-state index in [1.165, 1.54) is 44.9 Å². The van der Waals surface area contributed by atoms with Crippen molar-refractivity contribution in [2.75, 3.05) is 6.54 Å². The van der Waals surface area contributed by atoms with E-state index in [1.54, 1.807) is 0 Å². The van der Waals surface area contributed by atoms with Crippen molar-refractivity contribution in [2.24, 2.45) is 17.6 Å². The molecule has 2 aliphatic rings. The van der Waals surface area contributed by atoms with Crippen LogP contribution in [0.1, 0.15) is 64.2 Å². The third kappa shape index (κ3) is 5.31. The molecule has 0 radical (unpaired) electrons. The highest BCUT2D eigenvalue weighted by Gasteiger charge is 2.27. The van der Waals surface area contributed by atoms with E-state index in [4.69, 9.17) is 5.73 Å². The minimum absolute atomic E-state index is 0. The Kier molecular flexibility index (Phi) is 7.77. The Morgan fingerprint density at radius 2 is 1.79 bits per heavy atom. The smallest absolute Gasteiger partial charge is 0.220 e. The Morgan fingerprint density at radius 1 is 1.05 bits per heavy atom. The zero-order valence-electron chi connectivity index (χ0n) is 11.9. The molecule has 3 nitrogen and oxygen atoms in total. The summed E-state index contributed by atoms with van der Waals surface area (Å²) >= 11 is 0. The molecule has 0 saturated heterocycles.